The fourth-order valence-corrected chi connectivity index (χ4v) is 4.97. The zero-order valence-electron chi connectivity index (χ0n) is 18.6. The van der Waals surface area contributed by atoms with E-state index in [-0.39, 0.29) is 29.7 Å². The fourth-order valence-electron chi connectivity index (χ4n) is 4.97. The number of nitrogens with one attached hydrogen (secondary N) is 1. The van der Waals surface area contributed by atoms with Gasteiger partial charge in [0.2, 0.25) is 0 Å². The molecule has 33 heavy (non-hydrogen) atoms. The monoisotopic (exact) mass is 463 g/mol. The molecule has 4 N–H and O–H groups in total. The topological polar surface area (TPSA) is 97.4 Å². The maximum Gasteiger partial charge on any atom is 0.418 e. The molecule has 1 aromatic carbocycles. The van der Waals surface area contributed by atoms with Crippen LogP contribution in [0.5, 0.6) is 0 Å². The lowest BCUT2D eigenvalue weighted by Crippen LogP contribution is -2.29. The summed E-state index contributed by atoms with van der Waals surface area (Å²) in [7, 11) is 0. The molecule has 4 rings (SSSR count). The second kappa shape index (κ2) is 8.20. The van der Waals surface area contributed by atoms with Crippen LogP contribution in [-0.2, 0) is 12.6 Å². The van der Waals surface area contributed by atoms with Gasteiger partial charge in [0.1, 0.15) is 0 Å². The Labute approximate surface area is 190 Å². The lowest BCUT2D eigenvalue weighted by atomic mass is 9.75. The number of nitrogens with zero attached hydrogens (tertiary/aromatic N) is 1. The molecule has 2 aliphatic carbocycles. The third-order valence-electron chi connectivity index (χ3n) is 6.58. The van der Waals surface area contributed by atoms with Crippen LogP contribution in [0.4, 0.5) is 18.9 Å². The third kappa shape index (κ3) is 4.64. The van der Waals surface area contributed by atoms with Crippen molar-refractivity contribution in [3.8, 4) is 5.69 Å². The number of hydrogen-bond donors (Lipinski definition) is 3. The van der Waals surface area contributed by atoms with Gasteiger partial charge >= 0.3 is 6.18 Å². The second-order valence-electron chi connectivity index (χ2n) is 9.92. The first-order chi connectivity index (χ1) is 15.4. The number of aliphatic hydroxyl groups excluding tert-OH is 1. The molecule has 0 unspecified atom stereocenters. The summed E-state index contributed by atoms with van der Waals surface area (Å²) in [4.78, 5) is 24.7. The van der Waals surface area contributed by atoms with Crippen LogP contribution in [0.1, 0.15) is 77.9 Å². The van der Waals surface area contributed by atoms with Gasteiger partial charge in [-0.1, -0.05) is 13.8 Å². The predicted molar refractivity (Wildman–Crippen MR) is 118 cm³/mol. The number of aromatic nitrogens is 1. The predicted octanol–water partition coefficient (Wildman–Crippen LogP) is 4.47. The number of hydrogen-bond acceptors (Lipinski definition) is 4. The zero-order valence-corrected chi connectivity index (χ0v) is 18.6. The van der Waals surface area contributed by atoms with E-state index in [1.54, 1.807) is 12.1 Å². The van der Waals surface area contributed by atoms with Crippen LogP contribution in [0.2, 0.25) is 0 Å². The summed E-state index contributed by atoms with van der Waals surface area (Å²) >= 11 is 0. The normalized spacial score (nSPS) is 22.7. The van der Waals surface area contributed by atoms with Crippen molar-refractivity contribution in [1.29, 1.82) is 0 Å². The largest absolute Gasteiger partial charge is 0.418 e. The van der Waals surface area contributed by atoms with Crippen LogP contribution in [-0.4, -0.2) is 33.5 Å². The first kappa shape index (κ1) is 23.4. The molecule has 1 aromatic heterocycles. The summed E-state index contributed by atoms with van der Waals surface area (Å²) in [6, 6.07) is 4.65. The van der Waals surface area contributed by atoms with Crippen molar-refractivity contribution in [1.82, 2.24) is 4.57 Å². The van der Waals surface area contributed by atoms with Gasteiger partial charge in [-0.2, -0.15) is 13.2 Å². The molecule has 0 saturated heterocycles. The molecule has 1 saturated carbocycles. The number of halogens is 3. The van der Waals surface area contributed by atoms with Crippen LogP contribution >= 0.6 is 0 Å². The van der Waals surface area contributed by atoms with Gasteiger partial charge in [-0.3, -0.25) is 9.59 Å². The van der Waals surface area contributed by atoms with Crippen LogP contribution in [0.15, 0.2) is 24.4 Å². The van der Waals surface area contributed by atoms with Crippen molar-refractivity contribution >= 4 is 17.4 Å². The summed E-state index contributed by atoms with van der Waals surface area (Å²) in [6.45, 7) is 3.72. The average molecular weight is 464 g/mol. The molecule has 1 heterocycles. The van der Waals surface area contributed by atoms with E-state index in [0.29, 0.717) is 49.2 Å². The summed E-state index contributed by atoms with van der Waals surface area (Å²) in [5, 5.41) is 13.0. The number of fused-ring (bicyclic) bond motifs is 1. The summed E-state index contributed by atoms with van der Waals surface area (Å²) < 4.78 is 42.8. The molecule has 0 aliphatic heterocycles. The first-order valence-electron chi connectivity index (χ1n) is 11.1. The minimum atomic E-state index is -4.66. The SMILES string of the molecule is CC1(C)CC(=O)c2c(C(F)(F)F)cn(-c3ccc(C(N)=O)c(NC4CCC(O)CC4)c3)c2C1. The Kier molecular flexibility index (Phi) is 5.80. The zero-order chi connectivity index (χ0) is 24.1. The molecule has 2 aliphatic rings. The molecule has 178 valence electrons. The van der Waals surface area contributed by atoms with Gasteiger partial charge in [0.25, 0.3) is 5.91 Å². The highest BCUT2D eigenvalue weighted by Gasteiger charge is 2.43. The number of carbonyl (C=O) groups is 2. The van der Waals surface area contributed by atoms with Crippen LogP contribution < -0.4 is 11.1 Å². The van der Waals surface area contributed by atoms with Gasteiger partial charge in [0, 0.05) is 35.7 Å². The van der Waals surface area contributed by atoms with E-state index in [4.69, 9.17) is 5.73 Å². The maximum absolute atomic E-state index is 13.8. The number of amides is 1. The summed E-state index contributed by atoms with van der Waals surface area (Å²) in [6.07, 6.45) is -1.03. The molecule has 0 atom stereocenters. The number of alkyl halides is 3. The summed E-state index contributed by atoms with van der Waals surface area (Å²) in [5.41, 5.74) is 5.26. The van der Waals surface area contributed by atoms with Crippen molar-refractivity contribution in [3.63, 3.8) is 0 Å². The Bertz CT molecular complexity index is 1100. The van der Waals surface area contributed by atoms with Gasteiger partial charge in [0.05, 0.1) is 22.8 Å². The molecule has 0 spiro atoms. The van der Waals surface area contributed by atoms with Crippen LogP contribution in [0, 0.1) is 5.41 Å². The highest BCUT2D eigenvalue weighted by molar-refractivity contribution is 6.01. The minimum Gasteiger partial charge on any atom is -0.393 e. The Morgan fingerprint density at radius 1 is 1.18 bits per heavy atom. The summed E-state index contributed by atoms with van der Waals surface area (Å²) in [5.74, 6) is -1.16. The van der Waals surface area contributed by atoms with Crippen LogP contribution in [0.3, 0.4) is 0 Å². The average Bonchev–Trinajstić information content (AvgIpc) is 3.08. The minimum absolute atomic E-state index is 0.00609. The smallest absolute Gasteiger partial charge is 0.393 e. The standard InChI is InChI=1S/C24H28F3N3O3/c1-23(2)10-19-21(20(32)11-23)17(24(25,26)27)12-30(19)14-5-8-16(22(28)33)18(9-14)29-13-3-6-15(31)7-4-13/h5,8-9,12-13,15,29,31H,3-4,6-7,10-11H2,1-2H3,(H2,28,33). The van der Waals surface area contributed by atoms with Gasteiger partial charge in [-0.25, -0.2) is 0 Å². The van der Waals surface area contributed by atoms with E-state index in [2.05, 4.69) is 5.32 Å². The number of nitrogens with two attached hydrogens (primary N) is 1. The first-order valence-corrected chi connectivity index (χ1v) is 11.1. The molecule has 1 fully saturated rings. The van der Waals surface area contributed by atoms with E-state index < -0.39 is 28.8 Å². The van der Waals surface area contributed by atoms with Crippen molar-refractivity contribution in [2.24, 2.45) is 11.1 Å². The van der Waals surface area contributed by atoms with Crippen molar-refractivity contribution in [2.75, 3.05) is 5.32 Å². The molecule has 0 bridgehead atoms. The number of carbonyl (C=O) groups excluding carboxylic acids is 2. The Balaban J connectivity index is 1.81. The Hall–Kier alpha value is -2.81. The molecule has 9 heteroatoms. The number of rotatable bonds is 4. The highest BCUT2D eigenvalue weighted by atomic mass is 19.4. The molecule has 2 aromatic rings. The highest BCUT2D eigenvalue weighted by Crippen LogP contribution is 2.43. The Morgan fingerprint density at radius 3 is 2.45 bits per heavy atom. The lowest BCUT2D eigenvalue weighted by molar-refractivity contribution is -0.137. The van der Waals surface area contributed by atoms with Crippen molar-refractivity contribution in [2.45, 2.75) is 70.7 Å². The lowest BCUT2D eigenvalue weighted by Gasteiger charge is -2.30. The Morgan fingerprint density at radius 2 is 1.85 bits per heavy atom. The molecule has 0 radical (unpaired) electrons. The van der Waals surface area contributed by atoms with E-state index in [0.717, 1.165) is 6.20 Å². The molecule has 6 nitrogen and oxygen atoms in total. The van der Waals surface area contributed by atoms with E-state index in [1.165, 1.54) is 10.6 Å². The number of benzene rings is 1. The van der Waals surface area contributed by atoms with Crippen molar-refractivity contribution < 1.29 is 27.9 Å². The number of ketones is 1. The molecule has 1 amide bonds. The fraction of sp³-hybridized carbons (Fsp3) is 0.500. The number of primary amides is 1. The second-order valence-corrected chi connectivity index (χ2v) is 9.92. The quantitative estimate of drug-likeness (QED) is 0.623. The number of Topliss-reactive ketones (excluding diaryl/α,β-unsaturated/α-hetero) is 1. The van der Waals surface area contributed by atoms with Gasteiger partial charge in [-0.05, 0) is 55.7 Å². The maximum atomic E-state index is 13.8. The molecular weight excluding hydrogens is 435 g/mol. The van der Waals surface area contributed by atoms with Gasteiger partial charge in [-0.15, -0.1) is 0 Å². The van der Waals surface area contributed by atoms with Gasteiger partial charge in [0.15, 0.2) is 5.78 Å². The van der Waals surface area contributed by atoms with Gasteiger partial charge < -0.3 is 20.7 Å². The molecular formula is C24H28F3N3O3. The van der Waals surface area contributed by atoms with E-state index >= 15 is 0 Å². The number of aliphatic hydroxyl groups is 1. The third-order valence-corrected chi connectivity index (χ3v) is 6.58. The number of anilines is 1. The van der Waals surface area contributed by atoms with Crippen LogP contribution in [0.25, 0.3) is 5.69 Å². The van der Waals surface area contributed by atoms with Crippen molar-refractivity contribution in [3.05, 3.63) is 46.8 Å². The van der Waals surface area contributed by atoms with E-state index in [1.807, 2.05) is 13.8 Å². The van der Waals surface area contributed by atoms with E-state index in [9.17, 15) is 27.9 Å².